The van der Waals surface area contributed by atoms with E-state index < -0.39 is 35.4 Å². The molecule has 2 aliphatic carbocycles. The molecule has 2 fully saturated rings. The van der Waals surface area contributed by atoms with Crippen molar-refractivity contribution in [2.24, 2.45) is 23.5 Å². The van der Waals surface area contributed by atoms with E-state index in [4.69, 9.17) is 10.5 Å². The Morgan fingerprint density at radius 3 is 2.62 bits per heavy atom. The Labute approximate surface area is 211 Å². The molecule has 12 heteroatoms. The predicted molar refractivity (Wildman–Crippen MR) is 129 cm³/mol. The Balaban J connectivity index is 1.34. The summed E-state index contributed by atoms with van der Waals surface area (Å²) in [4.78, 5) is 22.1. The van der Waals surface area contributed by atoms with E-state index in [0.717, 1.165) is 31.8 Å². The number of halogens is 4. The van der Waals surface area contributed by atoms with Gasteiger partial charge in [0.05, 0.1) is 17.7 Å². The van der Waals surface area contributed by atoms with Gasteiger partial charge in [0.2, 0.25) is 11.9 Å². The molecule has 1 saturated heterocycles. The summed E-state index contributed by atoms with van der Waals surface area (Å²) in [7, 11) is 1.96. The molecule has 4 N–H and O–H groups in total. The van der Waals surface area contributed by atoms with Gasteiger partial charge >= 0.3 is 6.18 Å². The summed E-state index contributed by atoms with van der Waals surface area (Å²) in [5, 5.41) is 5.69. The number of nitrogens with one attached hydrogen (secondary N) is 2. The van der Waals surface area contributed by atoms with Gasteiger partial charge in [-0.1, -0.05) is 12.2 Å². The zero-order valence-corrected chi connectivity index (χ0v) is 20.1. The number of allylic oxidation sites excluding steroid dienone is 1. The minimum Gasteiger partial charge on any atom is -0.490 e. The molecular weight excluding hydrogens is 492 g/mol. The second-order valence-corrected chi connectivity index (χ2v) is 9.89. The molecule has 0 spiro atoms. The third kappa shape index (κ3) is 5.34. The molecule has 0 radical (unpaired) electrons. The zero-order valence-electron chi connectivity index (χ0n) is 20.1. The summed E-state index contributed by atoms with van der Waals surface area (Å²) in [6, 6.07) is 3.19. The Kier molecular flexibility index (Phi) is 6.69. The fourth-order valence-electron chi connectivity index (χ4n) is 5.44. The van der Waals surface area contributed by atoms with Crippen LogP contribution < -0.4 is 21.1 Å². The fraction of sp³-hybridized carbons (Fsp3) is 0.480. The van der Waals surface area contributed by atoms with Gasteiger partial charge in [-0.25, -0.2) is 9.37 Å². The number of nitrogens with two attached hydrogens (primary N) is 1. The lowest BCUT2D eigenvalue weighted by Gasteiger charge is -2.30. The molecule has 4 unspecified atom stereocenters. The van der Waals surface area contributed by atoms with Crippen molar-refractivity contribution in [3.8, 4) is 5.75 Å². The highest BCUT2D eigenvalue weighted by molar-refractivity contribution is 5.79. The Morgan fingerprint density at radius 2 is 1.92 bits per heavy atom. The Hall–Kier alpha value is -3.41. The van der Waals surface area contributed by atoms with Crippen molar-refractivity contribution >= 4 is 23.4 Å². The lowest BCUT2D eigenvalue weighted by atomic mass is 9.88. The van der Waals surface area contributed by atoms with Gasteiger partial charge in [-0.3, -0.25) is 4.79 Å². The third-order valence-electron chi connectivity index (χ3n) is 7.34. The van der Waals surface area contributed by atoms with Crippen molar-refractivity contribution in [1.82, 2.24) is 14.9 Å². The van der Waals surface area contributed by atoms with Crippen molar-refractivity contribution in [2.45, 2.75) is 37.6 Å². The molecule has 37 heavy (non-hydrogen) atoms. The van der Waals surface area contributed by atoms with E-state index in [1.807, 2.05) is 19.2 Å². The molecule has 1 saturated carbocycles. The van der Waals surface area contributed by atoms with Crippen LogP contribution in [0.1, 0.15) is 24.8 Å². The predicted octanol–water partition coefficient (Wildman–Crippen LogP) is 3.94. The molecule has 1 aromatic carbocycles. The molecule has 4 atom stereocenters. The highest BCUT2D eigenvalue weighted by Crippen LogP contribution is 2.45. The number of piperidine rings is 1. The number of hydrogen-bond acceptors (Lipinski definition) is 7. The van der Waals surface area contributed by atoms with Gasteiger partial charge in [-0.15, -0.1) is 0 Å². The van der Waals surface area contributed by atoms with Crippen molar-refractivity contribution in [1.29, 1.82) is 0 Å². The number of aromatic nitrogens is 2. The first kappa shape index (κ1) is 25.2. The standard InChI is InChI=1S/C25H28F4N6O2/c1-35-8-6-16(7-9-35)37-19-5-4-15(11-17(19)25(27,28)29)32-24-31-12-18(26)23(34-24)33-21-14-3-2-13(10-14)20(21)22(30)36/h2-5,11-14,16,20-21H,6-10H2,1H3,(H2,30,36)(H2,31,32,33,34). The number of nitrogens with zero attached hydrogens (tertiary/aromatic N) is 3. The minimum atomic E-state index is -4.64. The highest BCUT2D eigenvalue weighted by Gasteiger charge is 2.47. The van der Waals surface area contributed by atoms with Crippen LogP contribution in [-0.2, 0) is 11.0 Å². The molecule has 2 aromatic rings. The first-order valence-electron chi connectivity index (χ1n) is 12.2. The van der Waals surface area contributed by atoms with Gasteiger partial charge in [0.25, 0.3) is 0 Å². The molecular formula is C25H28F4N6O2. The molecule has 3 aliphatic rings. The average Bonchev–Trinajstić information content (AvgIpc) is 3.45. The van der Waals surface area contributed by atoms with Crippen molar-refractivity contribution in [3.05, 3.63) is 47.9 Å². The number of hydrogen-bond donors (Lipinski definition) is 3. The van der Waals surface area contributed by atoms with Gasteiger partial charge in [-0.2, -0.15) is 18.2 Å². The summed E-state index contributed by atoms with van der Waals surface area (Å²) in [6.45, 7) is 1.51. The minimum absolute atomic E-state index is 0.000253. The van der Waals surface area contributed by atoms with Gasteiger partial charge in [-0.05, 0) is 56.3 Å². The number of anilines is 3. The van der Waals surface area contributed by atoms with E-state index in [1.165, 1.54) is 12.1 Å². The van der Waals surface area contributed by atoms with Gasteiger partial charge < -0.3 is 26.0 Å². The summed E-state index contributed by atoms with van der Waals surface area (Å²) < 4.78 is 61.8. The topological polar surface area (TPSA) is 105 Å². The fourth-order valence-corrected chi connectivity index (χ4v) is 5.44. The lowest BCUT2D eigenvalue weighted by molar-refractivity contribution is -0.139. The SMILES string of the molecule is CN1CCC(Oc2ccc(Nc3ncc(F)c(NC4C5C=CC(C5)C4C(N)=O)n3)cc2C(F)(F)F)CC1. The van der Waals surface area contributed by atoms with Crippen molar-refractivity contribution in [3.63, 3.8) is 0 Å². The maximum Gasteiger partial charge on any atom is 0.420 e. The molecule has 8 nitrogen and oxygen atoms in total. The van der Waals surface area contributed by atoms with E-state index in [0.29, 0.717) is 12.8 Å². The van der Waals surface area contributed by atoms with E-state index in [9.17, 15) is 22.4 Å². The molecule has 1 aliphatic heterocycles. The third-order valence-corrected chi connectivity index (χ3v) is 7.34. The monoisotopic (exact) mass is 520 g/mol. The lowest BCUT2D eigenvalue weighted by Crippen LogP contribution is -2.41. The van der Waals surface area contributed by atoms with E-state index in [-0.39, 0.29) is 41.1 Å². The number of benzene rings is 1. The summed E-state index contributed by atoms with van der Waals surface area (Å²) >= 11 is 0. The number of rotatable bonds is 7. The van der Waals surface area contributed by atoms with Crippen LogP contribution in [0.25, 0.3) is 0 Å². The quantitative estimate of drug-likeness (QED) is 0.375. The summed E-state index contributed by atoms with van der Waals surface area (Å²) in [5.74, 6) is -2.26. The maximum atomic E-state index is 14.5. The van der Waals surface area contributed by atoms with Gasteiger partial charge in [0, 0.05) is 24.8 Å². The van der Waals surface area contributed by atoms with Crippen LogP contribution in [0.4, 0.5) is 35.0 Å². The number of fused-ring (bicyclic) bond motifs is 2. The molecule has 198 valence electrons. The Bertz CT molecular complexity index is 1200. The van der Waals surface area contributed by atoms with Crippen LogP contribution in [0.2, 0.25) is 0 Å². The molecule has 2 bridgehead atoms. The number of amides is 1. The van der Waals surface area contributed by atoms with Crippen LogP contribution in [0, 0.1) is 23.6 Å². The number of alkyl halides is 3. The molecule has 1 aromatic heterocycles. The van der Waals surface area contributed by atoms with Crippen LogP contribution >= 0.6 is 0 Å². The number of ether oxygens (including phenoxy) is 1. The van der Waals surface area contributed by atoms with E-state index in [2.05, 4.69) is 25.5 Å². The number of carbonyl (C=O) groups is 1. The molecule has 2 heterocycles. The normalized spacial score (nSPS) is 25.9. The largest absolute Gasteiger partial charge is 0.490 e. The highest BCUT2D eigenvalue weighted by atomic mass is 19.4. The maximum absolute atomic E-state index is 14.5. The van der Waals surface area contributed by atoms with Crippen LogP contribution in [0.3, 0.4) is 0 Å². The summed E-state index contributed by atoms with van der Waals surface area (Å²) in [5.41, 5.74) is 4.72. The van der Waals surface area contributed by atoms with Gasteiger partial charge in [0.1, 0.15) is 11.9 Å². The van der Waals surface area contributed by atoms with E-state index >= 15 is 0 Å². The second-order valence-electron chi connectivity index (χ2n) is 9.89. The Morgan fingerprint density at radius 1 is 1.19 bits per heavy atom. The first-order valence-corrected chi connectivity index (χ1v) is 12.2. The van der Waals surface area contributed by atoms with Crippen molar-refractivity contribution < 1.29 is 27.1 Å². The molecule has 1 amide bonds. The van der Waals surface area contributed by atoms with E-state index in [1.54, 1.807) is 0 Å². The van der Waals surface area contributed by atoms with Crippen molar-refractivity contribution in [2.75, 3.05) is 30.8 Å². The second kappa shape index (κ2) is 9.81. The van der Waals surface area contributed by atoms with Crippen LogP contribution in [0.15, 0.2) is 36.5 Å². The number of likely N-dealkylation sites (tertiary alicyclic amines) is 1. The smallest absolute Gasteiger partial charge is 0.420 e. The van der Waals surface area contributed by atoms with Crippen LogP contribution in [-0.4, -0.2) is 53.1 Å². The zero-order chi connectivity index (χ0) is 26.3. The van der Waals surface area contributed by atoms with Gasteiger partial charge in [0.15, 0.2) is 11.6 Å². The van der Waals surface area contributed by atoms with Crippen LogP contribution in [0.5, 0.6) is 5.75 Å². The first-order chi connectivity index (χ1) is 17.6. The summed E-state index contributed by atoms with van der Waals surface area (Å²) in [6.07, 6.45) is 1.90. The average molecular weight is 521 g/mol. The number of primary amides is 1. The number of carbonyl (C=O) groups excluding carboxylic acids is 1. The molecule has 5 rings (SSSR count).